The summed E-state index contributed by atoms with van der Waals surface area (Å²) in [4.78, 5) is 0. The number of ether oxygens (including phenoxy) is 1. The Morgan fingerprint density at radius 2 is 1.57 bits per heavy atom. The summed E-state index contributed by atoms with van der Waals surface area (Å²) in [6.45, 7) is 3.00. The molecule has 2 aliphatic carbocycles. The Bertz CT molecular complexity index is 410. The fourth-order valence-corrected chi connectivity index (χ4v) is 2.44. The van der Waals surface area contributed by atoms with E-state index in [2.05, 4.69) is 34.9 Å². The van der Waals surface area contributed by atoms with Crippen molar-refractivity contribution in [1.29, 1.82) is 0 Å². The molecule has 2 aliphatic rings. The van der Waals surface area contributed by atoms with E-state index >= 15 is 0 Å². The average Bonchev–Trinajstić information content (AvgIpc) is 3.39. The minimum Gasteiger partial charge on any atom is -0.494 e. The van der Waals surface area contributed by atoms with Crippen molar-refractivity contribution in [2.45, 2.75) is 63.6 Å². The van der Waals surface area contributed by atoms with E-state index in [0.717, 1.165) is 37.4 Å². The van der Waals surface area contributed by atoms with Crippen molar-refractivity contribution in [3.05, 3.63) is 29.8 Å². The van der Waals surface area contributed by atoms with Crippen LogP contribution in [0, 0.1) is 0 Å². The van der Waals surface area contributed by atoms with Crippen LogP contribution in [0.4, 0.5) is 0 Å². The van der Waals surface area contributed by atoms with Crippen LogP contribution in [0.5, 0.6) is 5.75 Å². The maximum absolute atomic E-state index is 5.80. The molecular formula is C18H28N2O. The van der Waals surface area contributed by atoms with E-state index in [4.69, 9.17) is 4.74 Å². The highest BCUT2D eigenvalue weighted by atomic mass is 16.5. The Labute approximate surface area is 128 Å². The molecular weight excluding hydrogens is 260 g/mol. The molecule has 0 aliphatic heterocycles. The van der Waals surface area contributed by atoms with Crippen molar-refractivity contribution in [2.24, 2.45) is 0 Å². The fourth-order valence-electron chi connectivity index (χ4n) is 2.44. The molecule has 0 bridgehead atoms. The standard InChI is InChI=1S/C18H28N2O/c1(2-12-19-16-6-7-16)3-13-21-18-10-4-15(5-11-18)14-20-17-8-9-17/h4-5,10-11,16-17,19-20H,1-3,6-9,12-14H2. The van der Waals surface area contributed by atoms with Crippen LogP contribution in [0.2, 0.25) is 0 Å². The summed E-state index contributed by atoms with van der Waals surface area (Å²) in [6, 6.07) is 10.1. The lowest BCUT2D eigenvalue weighted by atomic mass is 10.2. The Balaban J connectivity index is 1.22. The molecule has 0 spiro atoms. The Hall–Kier alpha value is -1.06. The lowest BCUT2D eigenvalue weighted by molar-refractivity contribution is 0.305. The number of benzene rings is 1. The molecule has 3 nitrogen and oxygen atoms in total. The minimum absolute atomic E-state index is 0.773. The number of hydrogen-bond donors (Lipinski definition) is 2. The molecule has 2 N–H and O–H groups in total. The third-order valence-corrected chi connectivity index (χ3v) is 4.20. The molecule has 0 saturated heterocycles. The summed E-state index contributed by atoms with van der Waals surface area (Å²) in [5, 5.41) is 7.08. The molecule has 0 atom stereocenters. The molecule has 0 amide bonds. The van der Waals surface area contributed by atoms with Gasteiger partial charge in [-0.25, -0.2) is 0 Å². The number of unbranched alkanes of at least 4 members (excludes halogenated alkanes) is 2. The summed E-state index contributed by atoms with van der Waals surface area (Å²) in [6.07, 6.45) is 9.13. The van der Waals surface area contributed by atoms with E-state index < -0.39 is 0 Å². The van der Waals surface area contributed by atoms with Crippen LogP contribution in [0.1, 0.15) is 50.5 Å². The Kier molecular flexibility index (Phi) is 5.53. The molecule has 21 heavy (non-hydrogen) atoms. The lowest BCUT2D eigenvalue weighted by Crippen LogP contribution is -2.17. The molecule has 3 rings (SSSR count). The second-order valence-electron chi connectivity index (χ2n) is 6.44. The number of rotatable bonds is 11. The third-order valence-electron chi connectivity index (χ3n) is 4.20. The van der Waals surface area contributed by atoms with Gasteiger partial charge in [-0.3, -0.25) is 0 Å². The van der Waals surface area contributed by atoms with E-state index in [9.17, 15) is 0 Å². The largest absolute Gasteiger partial charge is 0.494 e. The predicted octanol–water partition coefficient (Wildman–Crippen LogP) is 3.24. The zero-order valence-electron chi connectivity index (χ0n) is 12.9. The highest BCUT2D eigenvalue weighted by molar-refractivity contribution is 5.27. The van der Waals surface area contributed by atoms with Crippen LogP contribution < -0.4 is 15.4 Å². The first-order valence-electron chi connectivity index (χ1n) is 8.59. The van der Waals surface area contributed by atoms with Crippen LogP contribution >= 0.6 is 0 Å². The van der Waals surface area contributed by atoms with Gasteiger partial charge in [0.2, 0.25) is 0 Å². The summed E-state index contributed by atoms with van der Waals surface area (Å²) >= 11 is 0. The van der Waals surface area contributed by atoms with E-state index in [0.29, 0.717) is 0 Å². The number of nitrogens with one attached hydrogen (secondary N) is 2. The molecule has 116 valence electrons. The van der Waals surface area contributed by atoms with E-state index in [1.807, 2.05) is 0 Å². The molecule has 2 fully saturated rings. The minimum atomic E-state index is 0.773. The van der Waals surface area contributed by atoms with Gasteiger partial charge >= 0.3 is 0 Å². The van der Waals surface area contributed by atoms with E-state index in [1.54, 1.807) is 0 Å². The van der Waals surface area contributed by atoms with Gasteiger partial charge in [-0.15, -0.1) is 0 Å². The van der Waals surface area contributed by atoms with Crippen LogP contribution in [0.15, 0.2) is 24.3 Å². The van der Waals surface area contributed by atoms with Gasteiger partial charge in [0, 0.05) is 18.6 Å². The Morgan fingerprint density at radius 3 is 2.29 bits per heavy atom. The first kappa shape index (κ1) is 14.9. The molecule has 1 aromatic rings. The van der Waals surface area contributed by atoms with Crippen molar-refractivity contribution in [1.82, 2.24) is 10.6 Å². The van der Waals surface area contributed by atoms with Gasteiger partial charge in [-0.1, -0.05) is 12.1 Å². The summed E-state index contributed by atoms with van der Waals surface area (Å²) in [7, 11) is 0. The lowest BCUT2D eigenvalue weighted by Gasteiger charge is -2.08. The van der Waals surface area contributed by atoms with Gasteiger partial charge in [0.25, 0.3) is 0 Å². The topological polar surface area (TPSA) is 33.3 Å². The summed E-state index contributed by atoms with van der Waals surface area (Å²) in [5.74, 6) is 1.00. The van der Waals surface area contributed by atoms with Crippen molar-refractivity contribution < 1.29 is 4.74 Å². The SMILES string of the molecule is c1cc(OCCCCCNC2CC2)ccc1CNC1CC1. The van der Waals surface area contributed by atoms with Crippen LogP contribution in [0.25, 0.3) is 0 Å². The van der Waals surface area contributed by atoms with Crippen molar-refractivity contribution in [3.8, 4) is 5.75 Å². The zero-order valence-corrected chi connectivity index (χ0v) is 12.9. The van der Waals surface area contributed by atoms with E-state index in [-0.39, 0.29) is 0 Å². The second-order valence-corrected chi connectivity index (χ2v) is 6.44. The van der Waals surface area contributed by atoms with Crippen molar-refractivity contribution in [3.63, 3.8) is 0 Å². The maximum atomic E-state index is 5.80. The van der Waals surface area contributed by atoms with Gasteiger partial charge in [0.1, 0.15) is 5.75 Å². The normalized spacial score (nSPS) is 17.9. The molecule has 0 radical (unpaired) electrons. The van der Waals surface area contributed by atoms with Gasteiger partial charge in [-0.05, 0) is 69.2 Å². The molecule has 3 heteroatoms. The van der Waals surface area contributed by atoms with Crippen LogP contribution in [-0.4, -0.2) is 25.2 Å². The first-order chi connectivity index (χ1) is 10.4. The van der Waals surface area contributed by atoms with E-state index in [1.165, 1.54) is 50.6 Å². The second kappa shape index (κ2) is 7.81. The van der Waals surface area contributed by atoms with Crippen molar-refractivity contribution >= 4 is 0 Å². The molecule has 2 saturated carbocycles. The fraction of sp³-hybridized carbons (Fsp3) is 0.667. The van der Waals surface area contributed by atoms with Crippen LogP contribution in [0.3, 0.4) is 0 Å². The highest BCUT2D eigenvalue weighted by Gasteiger charge is 2.20. The third kappa shape index (κ3) is 6.06. The van der Waals surface area contributed by atoms with Crippen LogP contribution in [-0.2, 0) is 6.54 Å². The maximum Gasteiger partial charge on any atom is 0.119 e. The monoisotopic (exact) mass is 288 g/mol. The van der Waals surface area contributed by atoms with Gasteiger partial charge in [0.05, 0.1) is 6.61 Å². The molecule has 0 aromatic heterocycles. The quantitative estimate of drug-likeness (QED) is 0.613. The van der Waals surface area contributed by atoms with Gasteiger partial charge < -0.3 is 15.4 Å². The van der Waals surface area contributed by atoms with Gasteiger partial charge in [0.15, 0.2) is 0 Å². The first-order valence-corrected chi connectivity index (χ1v) is 8.59. The summed E-state index contributed by atoms with van der Waals surface area (Å²) < 4.78 is 5.80. The smallest absolute Gasteiger partial charge is 0.119 e. The Morgan fingerprint density at radius 1 is 0.857 bits per heavy atom. The number of hydrogen-bond acceptors (Lipinski definition) is 3. The average molecular weight is 288 g/mol. The highest BCUT2D eigenvalue weighted by Crippen LogP contribution is 2.20. The molecule has 0 unspecified atom stereocenters. The summed E-state index contributed by atoms with van der Waals surface area (Å²) in [5.41, 5.74) is 1.35. The predicted molar refractivity (Wildman–Crippen MR) is 86.7 cm³/mol. The van der Waals surface area contributed by atoms with Gasteiger partial charge in [-0.2, -0.15) is 0 Å². The van der Waals surface area contributed by atoms with Crippen molar-refractivity contribution in [2.75, 3.05) is 13.2 Å². The molecule has 1 aromatic carbocycles. The molecule has 0 heterocycles. The zero-order chi connectivity index (χ0) is 14.3.